The molecular weight excluding hydrogens is 127 g/mol. The molecule has 0 heterocycles. The second-order valence-electron chi connectivity index (χ2n) is 1.50. The topological polar surface area (TPSA) is 26.3 Å². The van der Waals surface area contributed by atoms with Gasteiger partial charge in [-0.3, -0.25) is 0 Å². The second-order valence-corrected chi connectivity index (χ2v) is 1.50. The van der Waals surface area contributed by atoms with E-state index in [0.717, 1.165) is 0 Å². The fourth-order valence-corrected chi connectivity index (χ4v) is 0.254. The Morgan fingerprint density at radius 3 is 2.22 bits per heavy atom. The molecule has 0 atom stereocenters. The van der Waals surface area contributed by atoms with Gasteiger partial charge < -0.3 is 4.74 Å². The molecule has 0 saturated carbocycles. The molecule has 46 valence electrons. The molecule has 0 unspecified atom stereocenters. The maximum absolute atomic E-state index is 10.4. The van der Waals surface area contributed by atoms with Crippen LogP contribution >= 0.6 is 0 Å². The van der Waals surface area contributed by atoms with Gasteiger partial charge in [-0.25, -0.2) is 4.79 Å². The third-order valence-electron chi connectivity index (χ3n) is 0.624. The first-order chi connectivity index (χ1) is 3.68. The second kappa shape index (κ2) is 6.33. The third kappa shape index (κ3) is 6.09. The molecule has 0 aliphatic carbocycles. The van der Waals surface area contributed by atoms with Crippen molar-refractivity contribution in [1.29, 1.82) is 0 Å². The minimum atomic E-state index is -0.312. The van der Waals surface area contributed by atoms with Gasteiger partial charge in [-0.2, -0.15) is 0 Å². The van der Waals surface area contributed by atoms with E-state index in [1.807, 2.05) is 0 Å². The summed E-state index contributed by atoms with van der Waals surface area (Å²) in [6.07, 6.45) is 0. The average molecular weight is 137 g/mol. The van der Waals surface area contributed by atoms with E-state index in [1.54, 1.807) is 13.8 Å². The Morgan fingerprint density at radius 1 is 1.67 bits per heavy atom. The zero-order valence-corrected chi connectivity index (χ0v) is 8.23. The van der Waals surface area contributed by atoms with Crippen molar-refractivity contribution in [1.82, 2.24) is 0 Å². The number of carbonyl (C=O) groups is 1. The van der Waals surface area contributed by atoms with Crippen LogP contribution in [0.15, 0.2) is 12.2 Å². The minimum Gasteiger partial charge on any atom is -0.463 e. The van der Waals surface area contributed by atoms with E-state index in [1.165, 1.54) is 0 Å². The Labute approximate surface area is 77.6 Å². The molecule has 2 nitrogen and oxygen atoms in total. The summed E-state index contributed by atoms with van der Waals surface area (Å²) in [6, 6.07) is 0. The smallest absolute Gasteiger partial charge is 0.463 e. The molecule has 0 bridgehead atoms. The van der Waals surface area contributed by atoms with E-state index in [2.05, 4.69) is 11.3 Å². The van der Waals surface area contributed by atoms with Crippen molar-refractivity contribution >= 4 is 5.97 Å². The average Bonchev–Trinajstić information content (AvgIpc) is 1.67. The molecule has 9 heavy (non-hydrogen) atoms. The van der Waals surface area contributed by atoms with Gasteiger partial charge in [0.25, 0.3) is 0 Å². The van der Waals surface area contributed by atoms with Crippen molar-refractivity contribution in [3.63, 3.8) is 0 Å². The van der Waals surface area contributed by atoms with Crippen molar-refractivity contribution in [2.75, 3.05) is 6.61 Å². The fraction of sp³-hybridized carbons (Fsp3) is 0.500. The fourth-order valence-electron chi connectivity index (χ4n) is 0.254. The van der Waals surface area contributed by atoms with Crippen LogP contribution in [0.2, 0.25) is 0 Å². The Bertz CT molecular complexity index is 110. The Balaban J connectivity index is 0. The van der Waals surface area contributed by atoms with Crippen LogP contribution in [-0.4, -0.2) is 12.6 Å². The van der Waals surface area contributed by atoms with Gasteiger partial charge >= 0.3 is 35.5 Å². The first-order valence-corrected chi connectivity index (χ1v) is 2.51. The SMILES string of the molecule is C=C(C)C(=O)OCC.[Na+]. The van der Waals surface area contributed by atoms with E-state index >= 15 is 0 Å². The summed E-state index contributed by atoms with van der Waals surface area (Å²) in [7, 11) is 0. The number of carbonyl (C=O) groups excluding carboxylic acids is 1. The molecular formula is C6H10NaO2+. The zero-order valence-electron chi connectivity index (χ0n) is 6.23. The standard InChI is InChI=1S/C6H10O2.Na/c1-4-8-6(7)5(2)3;/h2,4H2,1,3H3;/q;+1. The number of rotatable bonds is 2. The van der Waals surface area contributed by atoms with Crippen LogP contribution in [0.25, 0.3) is 0 Å². The molecule has 0 aromatic carbocycles. The Morgan fingerprint density at radius 2 is 2.11 bits per heavy atom. The minimum absolute atomic E-state index is 0. The van der Waals surface area contributed by atoms with Crippen LogP contribution in [-0.2, 0) is 9.53 Å². The van der Waals surface area contributed by atoms with Gasteiger partial charge in [0.1, 0.15) is 0 Å². The monoisotopic (exact) mass is 137 g/mol. The maximum Gasteiger partial charge on any atom is 1.00 e. The summed E-state index contributed by atoms with van der Waals surface area (Å²) >= 11 is 0. The molecule has 0 fully saturated rings. The summed E-state index contributed by atoms with van der Waals surface area (Å²) in [6.45, 7) is 7.21. The summed E-state index contributed by atoms with van der Waals surface area (Å²) in [5, 5.41) is 0. The van der Waals surface area contributed by atoms with Crippen LogP contribution < -0.4 is 29.6 Å². The van der Waals surface area contributed by atoms with Gasteiger partial charge in [-0.15, -0.1) is 0 Å². The van der Waals surface area contributed by atoms with Gasteiger partial charge in [0.05, 0.1) is 6.61 Å². The number of hydrogen-bond donors (Lipinski definition) is 0. The van der Waals surface area contributed by atoms with Crippen LogP contribution in [0.4, 0.5) is 0 Å². The number of esters is 1. The molecule has 0 aliphatic heterocycles. The van der Waals surface area contributed by atoms with Crippen molar-refractivity contribution < 1.29 is 39.1 Å². The van der Waals surface area contributed by atoms with Crippen LogP contribution in [0.3, 0.4) is 0 Å². The summed E-state index contributed by atoms with van der Waals surface area (Å²) in [5.41, 5.74) is 0.451. The number of hydrogen-bond acceptors (Lipinski definition) is 2. The molecule has 0 spiro atoms. The molecule has 0 radical (unpaired) electrons. The predicted molar refractivity (Wildman–Crippen MR) is 31.4 cm³/mol. The van der Waals surface area contributed by atoms with E-state index < -0.39 is 0 Å². The molecule has 3 heteroatoms. The largest absolute Gasteiger partial charge is 1.00 e. The summed E-state index contributed by atoms with van der Waals surface area (Å²) < 4.78 is 4.56. The molecule has 0 amide bonds. The summed E-state index contributed by atoms with van der Waals surface area (Å²) in [5.74, 6) is -0.312. The zero-order chi connectivity index (χ0) is 6.57. The predicted octanol–water partition coefficient (Wildman–Crippen LogP) is -1.87. The van der Waals surface area contributed by atoms with Gasteiger partial charge in [0.2, 0.25) is 0 Å². The van der Waals surface area contributed by atoms with Crippen molar-refractivity contribution in [3.8, 4) is 0 Å². The third-order valence-corrected chi connectivity index (χ3v) is 0.624. The van der Waals surface area contributed by atoms with Gasteiger partial charge in [-0.05, 0) is 13.8 Å². The van der Waals surface area contributed by atoms with E-state index in [4.69, 9.17) is 0 Å². The Hall–Kier alpha value is 0.210. The van der Waals surface area contributed by atoms with Gasteiger partial charge in [-0.1, -0.05) is 6.58 Å². The van der Waals surface area contributed by atoms with Crippen molar-refractivity contribution in [2.45, 2.75) is 13.8 Å². The van der Waals surface area contributed by atoms with E-state index in [-0.39, 0.29) is 35.5 Å². The quantitative estimate of drug-likeness (QED) is 0.253. The molecule has 0 aromatic heterocycles. The van der Waals surface area contributed by atoms with Gasteiger partial charge in [0, 0.05) is 5.57 Å². The molecule has 0 aliphatic rings. The van der Waals surface area contributed by atoms with Crippen LogP contribution in [0.5, 0.6) is 0 Å². The summed E-state index contributed by atoms with van der Waals surface area (Å²) in [4.78, 5) is 10.4. The van der Waals surface area contributed by atoms with Crippen molar-refractivity contribution in [3.05, 3.63) is 12.2 Å². The van der Waals surface area contributed by atoms with Crippen molar-refractivity contribution in [2.24, 2.45) is 0 Å². The maximum atomic E-state index is 10.4. The first kappa shape index (κ1) is 11.9. The molecule has 0 N–H and O–H groups in total. The normalized spacial score (nSPS) is 7.33. The molecule has 0 aromatic rings. The first-order valence-electron chi connectivity index (χ1n) is 2.51. The van der Waals surface area contributed by atoms with E-state index in [0.29, 0.717) is 12.2 Å². The number of ether oxygens (including phenoxy) is 1. The van der Waals surface area contributed by atoms with E-state index in [9.17, 15) is 4.79 Å². The Kier molecular flexibility index (Phi) is 8.40. The molecule has 0 saturated heterocycles. The van der Waals surface area contributed by atoms with Crippen LogP contribution in [0, 0.1) is 0 Å². The van der Waals surface area contributed by atoms with Gasteiger partial charge in [0.15, 0.2) is 0 Å². The van der Waals surface area contributed by atoms with Crippen LogP contribution in [0.1, 0.15) is 13.8 Å². The molecule has 0 rings (SSSR count).